The van der Waals surface area contributed by atoms with Gasteiger partial charge in [0.05, 0.1) is 18.8 Å². The third kappa shape index (κ3) is 9.06. The van der Waals surface area contributed by atoms with Gasteiger partial charge in [0.2, 0.25) is 0 Å². The molecule has 35 heavy (non-hydrogen) atoms. The summed E-state index contributed by atoms with van der Waals surface area (Å²) in [5, 5.41) is 7.57. The number of furan rings is 1. The van der Waals surface area contributed by atoms with Crippen LogP contribution < -0.4 is 10.5 Å². The van der Waals surface area contributed by atoms with Crippen molar-refractivity contribution in [1.82, 2.24) is 9.62 Å². The van der Waals surface area contributed by atoms with E-state index in [-0.39, 0.29) is 24.7 Å². The van der Waals surface area contributed by atoms with Crippen molar-refractivity contribution >= 4 is 33.6 Å². The van der Waals surface area contributed by atoms with Crippen LogP contribution in [-0.4, -0.2) is 63.2 Å². The number of hydrogen-bond donors (Lipinski definition) is 3. The molecular weight excluding hydrogens is 492 g/mol. The molecule has 1 aliphatic heterocycles. The van der Waals surface area contributed by atoms with Gasteiger partial charge in [-0.1, -0.05) is 30.3 Å². The van der Waals surface area contributed by atoms with Gasteiger partial charge in [-0.2, -0.15) is 11.8 Å². The number of hydrogen-bond acceptors (Lipinski definition) is 10. The van der Waals surface area contributed by atoms with Crippen molar-refractivity contribution in [3.63, 3.8) is 0 Å². The molecular formula is C23H32N4O6S2. The number of nitrogens with one attached hydrogen (secondary N) is 1. The van der Waals surface area contributed by atoms with E-state index in [4.69, 9.17) is 20.0 Å². The molecule has 1 aromatic heterocycles. The van der Waals surface area contributed by atoms with Crippen LogP contribution in [0.15, 0.2) is 62.5 Å². The molecule has 1 aromatic carbocycles. The van der Waals surface area contributed by atoms with Crippen molar-refractivity contribution in [1.29, 1.82) is 0 Å². The van der Waals surface area contributed by atoms with E-state index in [1.54, 1.807) is 43.0 Å². The highest BCUT2D eigenvalue weighted by molar-refractivity contribution is 7.98. The van der Waals surface area contributed by atoms with Crippen LogP contribution in [0.25, 0.3) is 0 Å². The van der Waals surface area contributed by atoms with Gasteiger partial charge in [-0.25, -0.2) is 13.2 Å². The number of esters is 1. The average Bonchev–Trinajstić information content (AvgIpc) is 3.33. The zero-order chi connectivity index (χ0) is 25.8. The number of nitrogens with two attached hydrogens (primary N) is 1. The second kappa shape index (κ2) is 13.9. The second-order valence-corrected chi connectivity index (χ2v) is 10.3. The summed E-state index contributed by atoms with van der Waals surface area (Å²) in [4.78, 5) is 18.0. The molecule has 1 aliphatic rings. The van der Waals surface area contributed by atoms with Crippen molar-refractivity contribution in [3.05, 3.63) is 70.2 Å². The van der Waals surface area contributed by atoms with Crippen LogP contribution in [0.5, 0.6) is 0 Å². The van der Waals surface area contributed by atoms with Crippen LogP contribution in [0.3, 0.4) is 0 Å². The molecule has 0 unspecified atom stereocenters. The van der Waals surface area contributed by atoms with Crippen LogP contribution in [0.1, 0.15) is 24.0 Å². The highest BCUT2D eigenvalue weighted by atomic mass is 32.2. The van der Waals surface area contributed by atoms with Gasteiger partial charge in [0.1, 0.15) is 23.8 Å². The van der Waals surface area contributed by atoms with Crippen molar-refractivity contribution in [2.24, 2.45) is 10.7 Å². The number of thioether (sulfide) groups is 1. The molecule has 12 heteroatoms. The summed E-state index contributed by atoms with van der Waals surface area (Å²) in [5.41, 5.74) is 6.40. The Morgan fingerprint density at radius 3 is 2.51 bits per heavy atom. The number of aliphatic hydroxyl groups excluding tert-OH is 1. The van der Waals surface area contributed by atoms with Crippen molar-refractivity contribution in [3.8, 4) is 0 Å². The highest BCUT2D eigenvalue weighted by Crippen LogP contribution is 2.20. The molecule has 0 aliphatic carbocycles. The van der Waals surface area contributed by atoms with Crippen LogP contribution >= 0.6 is 11.8 Å². The molecule has 10 nitrogen and oxygen atoms in total. The summed E-state index contributed by atoms with van der Waals surface area (Å²) in [6.07, 6.45) is 0. The first-order valence-corrected chi connectivity index (χ1v) is 13.5. The first kappa shape index (κ1) is 28.4. The number of carbonyl (C=O) groups excluding carboxylic acids is 1. The molecule has 2 heterocycles. The maximum Gasteiger partial charge on any atom is 0.354 e. The van der Waals surface area contributed by atoms with Crippen molar-refractivity contribution in [2.75, 3.05) is 33.0 Å². The van der Waals surface area contributed by atoms with E-state index in [0.717, 1.165) is 23.6 Å². The zero-order valence-electron chi connectivity index (χ0n) is 20.1. The number of carbonyl (C=O) groups is 1. The number of benzene rings is 1. The molecule has 0 saturated carbocycles. The number of ether oxygens (including phenoxy) is 1. The number of nitrogens with zero attached hydrogens (tertiary/aromatic N) is 2. The molecule has 0 fully saturated rings. The highest BCUT2D eigenvalue weighted by Gasteiger charge is 2.38. The predicted octanol–water partition coefficient (Wildman–Crippen LogP) is 1.82. The summed E-state index contributed by atoms with van der Waals surface area (Å²) < 4.78 is 37.8. The van der Waals surface area contributed by atoms with Gasteiger partial charge < -0.3 is 24.9 Å². The normalized spacial score (nSPS) is 15.6. The Labute approximate surface area is 210 Å². The minimum Gasteiger partial charge on any atom is -0.464 e. The number of amidine groups is 1. The Kier molecular flexibility index (Phi) is 11.3. The van der Waals surface area contributed by atoms with E-state index >= 15 is 0 Å². The van der Waals surface area contributed by atoms with E-state index in [1.165, 1.54) is 0 Å². The Morgan fingerprint density at radius 2 is 1.86 bits per heavy atom. The summed E-state index contributed by atoms with van der Waals surface area (Å²) in [7, 11) is -0.160. The molecule has 2 aromatic rings. The second-order valence-electron chi connectivity index (χ2n) is 7.61. The lowest BCUT2D eigenvalue weighted by Gasteiger charge is -2.05. The standard InChI is InChI=1S/C21H26N4O5S2.C2H6O/c1-25(2)12-16-8-9-17(30-16)14-31-11-10-23-20-18(22)19(32(27,28)24-20)21(26)29-13-15-6-4-3-5-7-15;1-2-3/h3-9H,10-14,22H2,1-2H3,(H,23,24);3H,2H2,1H3. The van der Waals surface area contributed by atoms with Crippen LogP contribution in [-0.2, 0) is 38.5 Å². The predicted molar refractivity (Wildman–Crippen MR) is 137 cm³/mol. The van der Waals surface area contributed by atoms with Gasteiger partial charge in [0.15, 0.2) is 10.7 Å². The number of aliphatic hydroxyl groups is 1. The Balaban J connectivity index is 0.00000137. The Hall–Kier alpha value is -2.80. The van der Waals surface area contributed by atoms with Gasteiger partial charge in [-0.15, -0.1) is 0 Å². The molecule has 192 valence electrons. The van der Waals surface area contributed by atoms with Gasteiger partial charge in [-0.3, -0.25) is 9.71 Å². The molecule has 0 bridgehead atoms. The van der Waals surface area contributed by atoms with Crippen molar-refractivity contribution < 1.29 is 27.5 Å². The van der Waals surface area contributed by atoms with E-state index in [2.05, 4.69) is 9.71 Å². The smallest absolute Gasteiger partial charge is 0.354 e. The van der Waals surface area contributed by atoms with Gasteiger partial charge in [-0.05, 0) is 38.7 Å². The average molecular weight is 525 g/mol. The molecule has 0 radical (unpaired) electrons. The van der Waals surface area contributed by atoms with E-state index < -0.39 is 20.9 Å². The maximum absolute atomic E-state index is 12.3. The topological polar surface area (TPSA) is 147 Å². The van der Waals surface area contributed by atoms with Crippen LogP contribution in [0, 0.1) is 0 Å². The van der Waals surface area contributed by atoms with Gasteiger partial charge in [0, 0.05) is 12.4 Å². The lowest BCUT2D eigenvalue weighted by atomic mass is 10.2. The summed E-state index contributed by atoms with van der Waals surface area (Å²) >= 11 is 1.60. The molecule has 3 rings (SSSR count). The Morgan fingerprint density at radius 1 is 1.20 bits per heavy atom. The maximum atomic E-state index is 12.3. The fourth-order valence-electron chi connectivity index (χ4n) is 2.90. The van der Waals surface area contributed by atoms with Gasteiger partial charge >= 0.3 is 5.97 Å². The first-order chi connectivity index (χ1) is 16.7. The quantitative estimate of drug-likeness (QED) is 0.313. The van der Waals surface area contributed by atoms with Gasteiger partial charge in [0.25, 0.3) is 10.0 Å². The summed E-state index contributed by atoms with van der Waals surface area (Å²) in [5.74, 6) is 2.01. The number of aliphatic imine (C=N–C) groups is 1. The molecule has 0 spiro atoms. The van der Waals surface area contributed by atoms with Crippen LogP contribution in [0.2, 0.25) is 0 Å². The lowest BCUT2D eigenvalue weighted by Crippen LogP contribution is -2.26. The van der Waals surface area contributed by atoms with E-state index in [9.17, 15) is 13.2 Å². The van der Waals surface area contributed by atoms with Crippen LogP contribution in [0.4, 0.5) is 0 Å². The number of sulfonamides is 1. The first-order valence-electron chi connectivity index (χ1n) is 10.9. The molecule has 0 atom stereocenters. The fourth-order valence-corrected chi connectivity index (χ4v) is 4.82. The van der Waals surface area contributed by atoms with E-state index in [0.29, 0.717) is 18.1 Å². The molecule has 0 amide bonds. The largest absolute Gasteiger partial charge is 0.464 e. The minimum atomic E-state index is -4.11. The zero-order valence-corrected chi connectivity index (χ0v) is 21.7. The van der Waals surface area contributed by atoms with E-state index in [1.807, 2.05) is 37.2 Å². The third-order valence-corrected chi connectivity index (χ3v) is 6.68. The monoisotopic (exact) mass is 524 g/mol. The third-order valence-electron chi connectivity index (χ3n) is 4.34. The fraction of sp³-hybridized carbons (Fsp3) is 0.391. The summed E-state index contributed by atoms with van der Waals surface area (Å²) in [6.45, 7) is 2.93. The minimum absolute atomic E-state index is 0.0384. The van der Waals surface area contributed by atoms with Crippen molar-refractivity contribution in [2.45, 2.75) is 25.8 Å². The number of rotatable bonds is 10. The molecule has 0 saturated heterocycles. The lowest BCUT2D eigenvalue weighted by molar-refractivity contribution is -0.139. The molecule has 4 N–H and O–H groups in total. The SMILES string of the molecule is CCO.CN(C)Cc1ccc(CSCCN=C2NS(=O)(=O)C(C(=O)OCc3ccccc3)=C2N)o1. The Bertz CT molecular complexity index is 1130. The summed E-state index contributed by atoms with van der Waals surface area (Å²) in [6, 6.07) is 12.8.